The maximum atomic E-state index is 12.4. The van der Waals surface area contributed by atoms with Crippen molar-refractivity contribution < 1.29 is 22.7 Å². The summed E-state index contributed by atoms with van der Waals surface area (Å²) in [5, 5.41) is 3.34. The van der Waals surface area contributed by atoms with Crippen LogP contribution in [-0.4, -0.2) is 32.7 Å². The van der Waals surface area contributed by atoms with Crippen LogP contribution in [0.5, 0.6) is 0 Å². The zero-order chi connectivity index (χ0) is 20.9. The Hall–Kier alpha value is -2.19. The van der Waals surface area contributed by atoms with Crippen LogP contribution in [0.15, 0.2) is 35.2 Å². The van der Waals surface area contributed by atoms with Crippen LogP contribution < -0.4 is 5.32 Å². The van der Waals surface area contributed by atoms with E-state index in [0.717, 1.165) is 36.1 Å². The van der Waals surface area contributed by atoms with Crippen LogP contribution in [0.3, 0.4) is 0 Å². The largest absolute Gasteiger partial charge is 0.462 e. The van der Waals surface area contributed by atoms with E-state index in [9.17, 15) is 18.0 Å². The molecule has 156 valence electrons. The molecule has 2 aromatic rings. The minimum Gasteiger partial charge on any atom is -0.462 e. The zero-order valence-corrected chi connectivity index (χ0v) is 18.0. The number of ether oxygens (including phenoxy) is 1. The maximum absolute atomic E-state index is 12.4. The lowest BCUT2D eigenvalue weighted by molar-refractivity contribution is -0.116. The van der Waals surface area contributed by atoms with Crippen molar-refractivity contribution in [2.75, 3.05) is 17.7 Å². The maximum Gasteiger partial charge on any atom is 0.341 e. The minimum atomic E-state index is -3.41. The molecule has 0 bridgehead atoms. The van der Waals surface area contributed by atoms with Gasteiger partial charge < -0.3 is 10.1 Å². The third kappa shape index (κ3) is 5.25. The number of sulfone groups is 1. The molecule has 1 aromatic carbocycles. The van der Waals surface area contributed by atoms with Gasteiger partial charge in [-0.05, 0) is 56.7 Å². The summed E-state index contributed by atoms with van der Waals surface area (Å²) in [7, 11) is -3.41. The quantitative estimate of drug-likeness (QED) is 0.633. The molecular formula is C21H25NO5S2. The number of hydrogen-bond donors (Lipinski definition) is 1. The SMILES string of the molecule is CCOC(=O)c1c(NC(=O)CCCS(=O)(=O)c2ccccc2)sc2c1CCCC2. The second kappa shape index (κ2) is 9.54. The highest BCUT2D eigenvalue weighted by Gasteiger charge is 2.27. The first-order chi connectivity index (χ1) is 13.9. The van der Waals surface area contributed by atoms with E-state index in [-0.39, 0.29) is 36.0 Å². The molecule has 0 fully saturated rings. The van der Waals surface area contributed by atoms with Crippen LogP contribution in [0.1, 0.15) is 53.4 Å². The molecule has 0 saturated carbocycles. The molecule has 6 nitrogen and oxygen atoms in total. The van der Waals surface area contributed by atoms with Gasteiger partial charge in [-0.15, -0.1) is 11.3 Å². The number of anilines is 1. The molecule has 1 N–H and O–H groups in total. The van der Waals surface area contributed by atoms with Gasteiger partial charge in [-0.2, -0.15) is 0 Å². The Balaban J connectivity index is 1.65. The molecule has 3 rings (SSSR count). The van der Waals surface area contributed by atoms with Crippen molar-refractivity contribution in [1.29, 1.82) is 0 Å². The number of esters is 1. The van der Waals surface area contributed by atoms with Gasteiger partial charge in [0.05, 0.1) is 22.8 Å². The van der Waals surface area contributed by atoms with E-state index in [2.05, 4.69) is 5.32 Å². The topological polar surface area (TPSA) is 89.5 Å². The monoisotopic (exact) mass is 435 g/mol. The highest BCUT2D eigenvalue weighted by Crippen LogP contribution is 2.38. The Bertz CT molecular complexity index is 980. The molecule has 0 atom stereocenters. The average molecular weight is 436 g/mol. The van der Waals surface area contributed by atoms with E-state index in [1.165, 1.54) is 11.3 Å². The summed E-state index contributed by atoms with van der Waals surface area (Å²) in [4.78, 5) is 26.3. The molecule has 1 amide bonds. The number of amides is 1. The fourth-order valence-electron chi connectivity index (χ4n) is 3.43. The first kappa shape index (κ1) is 21.5. The van der Waals surface area contributed by atoms with Crippen molar-refractivity contribution in [2.45, 2.75) is 50.3 Å². The summed E-state index contributed by atoms with van der Waals surface area (Å²) in [6.07, 6.45) is 4.07. The van der Waals surface area contributed by atoms with Crippen LogP contribution in [0, 0.1) is 0 Å². The summed E-state index contributed by atoms with van der Waals surface area (Å²) < 4.78 is 29.8. The van der Waals surface area contributed by atoms with Crippen LogP contribution in [0.25, 0.3) is 0 Å². The van der Waals surface area contributed by atoms with E-state index in [0.29, 0.717) is 10.6 Å². The molecule has 0 spiro atoms. The van der Waals surface area contributed by atoms with Crippen molar-refractivity contribution in [2.24, 2.45) is 0 Å². The molecule has 0 aliphatic heterocycles. The molecule has 0 saturated heterocycles. The van der Waals surface area contributed by atoms with Crippen molar-refractivity contribution in [3.05, 3.63) is 46.3 Å². The fourth-order valence-corrected chi connectivity index (χ4v) is 6.06. The Morgan fingerprint density at radius 1 is 1.14 bits per heavy atom. The molecular weight excluding hydrogens is 410 g/mol. The lowest BCUT2D eigenvalue weighted by atomic mass is 9.95. The van der Waals surface area contributed by atoms with Crippen LogP contribution in [-0.2, 0) is 32.2 Å². The number of hydrogen-bond acceptors (Lipinski definition) is 6. The predicted molar refractivity (Wildman–Crippen MR) is 113 cm³/mol. The van der Waals surface area contributed by atoms with Crippen molar-refractivity contribution in [3.8, 4) is 0 Å². The number of aryl methyl sites for hydroxylation is 1. The number of thiophene rings is 1. The fraction of sp³-hybridized carbons (Fsp3) is 0.429. The summed E-state index contributed by atoms with van der Waals surface area (Å²) in [5.41, 5.74) is 1.46. The summed E-state index contributed by atoms with van der Waals surface area (Å²) in [5.74, 6) is -0.804. The normalized spacial score (nSPS) is 13.6. The summed E-state index contributed by atoms with van der Waals surface area (Å²) >= 11 is 1.43. The molecule has 0 unspecified atom stereocenters. The number of nitrogens with one attached hydrogen (secondary N) is 1. The third-order valence-electron chi connectivity index (χ3n) is 4.82. The summed E-state index contributed by atoms with van der Waals surface area (Å²) in [6, 6.07) is 8.22. The Morgan fingerprint density at radius 2 is 1.86 bits per heavy atom. The van der Waals surface area contributed by atoms with Gasteiger partial charge in [0.15, 0.2) is 9.84 Å². The highest BCUT2D eigenvalue weighted by atomic mass is 32.2. The van der Waals surface area contributed by atoms with Crippen LogP contribution >= 0.6 is 11.3 Å². The van der Waals surface area contributed by atoms with Crippen LogP contribution in [0.4, 0.5) is 5.00 Å². The molecule has 8 heteroatoms. The standard InChI is InChI=1S/C21H25NO5S2/c1-2-27-21(24)19-16-11-6-7-12-17(16)28-20(19)22-18(23)13-8-14-29(25,26)15-9-4-3-5-10-15/h3-5,9-10H,2,6-8,11-14H2,1H3,(H,22,23). The lowest BCUT2D eigenvalue weighted by Gasteiger charge is -2.12. The van der Waals surface area contributed by atoms with Crippen LogP contribution in [0.2, 0.25) is 0 Å². The zero-order valence-electron chi connectivity index (χ0n) is 16.4. The van der Waals surface area contributed by atoms with E-state index in [1.807, 2.05) is 0 Å². The molecule has 1 aliphatic carbocycles. The van der Waals surface area contributed by atoms with Gasteiger partial charge in [0.1, 0.15) is 5.00 Å². The highest BCUT2D eigenvalue weighted by molar-refractivity contribution is 7.91. The second-order valence-corrected chi connectivity index (χ2v) is 10.1. The molecule has 1 heterocycles. The number of fused-ring (bicyclic) bond motifs is 1. The van der Waals surface area contributed by atoms with E-state index in [1.54, 1.807) is 37.3 Å². The average Bonchev–Trinajstić information content (AvgIpc) is 3.06. The van der Waals surface area contributed by atoms with Gasteiger partial charge in [-0.25, -0.2) is 13.2 Å². The lowest BCUT2D eigenvalue weighted by Crippen LogP contribution is -2.16. The van der Waals surface area contributed by atoms with Gasteiger partial charge in [0.2, 0.25) is 5.91 Å². The van der Waals surface area contributed by atoms with E-state index in [4.69, 9.17) is 4.74 Å². The Morgan fingerprint density at radius 3 is 2.59 bits per heavy atom. The Labute approximate surface area is 175 Å². The van der Waals surface area contributed by atoms with E-state index < -0.39 is 15.8 Å². The number of carbonyl (C=O) groups excluding carboxylic acids is 2. The first-order valence-corrected chi connectivity index (χ1v) is 12.3. The minimum absolute atomic E-state index is 0.0664. The second-order valence-electron chi connectivity index (χ2n) is 6.92. The number of rotatable bonds is 8. The van der Waals surface area contributed by atoms with Gasteiger partial charge in [0.25, 0.3) is 0 Å². The first-order valence-electron chi connectivity index (χ1n) is 9.81. The van der Waals surface area contributed by atoms with Crippen molar-refractivity contribution >= 4 is 38.1 Å². The van der Waals surface area contributed by atoms with Gasteiger partial charge in [-0.1, -0.05) is 18.2 Å². The third-order valence-corrected chi connectivity index (χ3v) is 7.85. The number of benzene rings is 1. The van der Waals surface area contributed by atoms with Gasteiger partial charge in [-0.3, -0.25) is 4.79 Å². The van der Waals surface area contributed by atoms with Gasteiger partial charge >= 0.3 is 5.97 Å². The van der Waals surface area contributed by atoms with E-state index >= 15 is 0 Å². The smallest absolute Gasteiger partial charge is 0.341 e. The summed E-state index contributed by atoms with van der Waals surface area (Å²) in [6.45, 7) is 2.02. The van der Waals surface area contributed by atoms with Crippen molar-refractivity contribution in [1.82, 2.24) is 0 Å². The molecule has 0 radical (unpaired) electrons. The molecule has 29 heavy (non-hydrogen) atoms. The predicted octanol–water partition coefficient (Wildman–Crippen LogP) is 4.00. The number of carbonyl (C=O) groups is 2. The molecule has 1 aromatic heterocycles. The molecule has 1 aliphatic rings. The van der Waals surface area contributed by atoms with Crippen molar-refractivity contribution in [3.63, 3.8) is 0 Å². The van der Waals surface area contributed by atoms with Gasteiger partial charge in [0, 0.05) is 11.3 Å². The Kier molecular flexibility index (Phi) is 7.08.